The molecule has 0 saturated carbocycles. The molecule has 39 heavy (non-hydrogen) atoms. The van der Waals surface area contributed by atoms with Crippen LogP contribution in [0, 0.1) is 0 Å². The van der Waals surface area contributed by atoms with E-state index in [1.165, 1.54) is 10.3 Å². The van der Waals surface area contributed by atoms with Crippen molar-refractivity contribution in [3.63, 3.8) is 0 Å². The first-order valence-corrected chi connectivity index (χ1v) is 13.2. The summed E-state index contributed by atoms with van der Waals surface area (Å²) in [5, 5.41) is 16.7. The molecule has 4 aromatic rings. The normalized spacial score (nSPS) is 17.1. The second kappa shape index (κ2) is 12.5. The average Bonchev–Trinajstić information content (AvgIpc) is 2.98. The van der Waals surface area contributed by atoms with Crippen molar-refractivity contribution >= 4 is 22.8 Å². The van der Waals surface area contributed by atoms with Gasteiger partial charge in [0.1, 0.15) is 18.4 Å². The number of carboxylic acid groups (broad SMARTS) is 1. The predicted molar refractivity (Wildman–Crippen MR) is 148 cm³/mol. The van der Waals surface area contributed by atoms with Crippen LogP contribution in [-0.4, -0.2) is 49.2 Å². The van der Waals surface area contributed by atoms with Crippen molar-refractivity contribution in [2.75, 3.05) is 26.2 Å². The summed E-state index contributed by atoms with van der Waals surface area (Å²) in [7, 11) is 0. The van der Waals surface area contributed by atoms with E-state index in [9.17, 15) is 14.7 Å². The Balaban J connectivity index is 1.18. The summed E-state index contributed by atoms with van der Waals surface area (Å²) in [6.07, 6.45) is -0.832. The molecule has 1 heterocycles. The van der Waals surface area contributed by atoms with Crippen molar-refractivity contribution in [3.8, 4) is 5.75 Å². The standard InChI is InChI=1S/C32H32N2O5/c35-31(26-7-2-1-3-8-26)33-17-19-38-28-14-12-25(13-15-28)29-16-18-34(32(36)37)21-30(29)39-22-23-10-11-24-6-4-5-9-27(24)20-23/h1-15,20,29-30H,16-19,21-22H2,(H,33,35)(H,36,37)/p-1. The van der Waals surface area contributed by atoms with E-state index < -0.39 is 6.09 Å². The quantitative estimate of drug-likeness (QED) is 0.329. The smallest absolute Gasteiger partial charge is 0.251 e. The zero-order valence-corrected chi connectivity index (χ0v) is 21.6. The summed E-state index contributed by atoms with van der Waals surface area (Å²) in [4.78, 5) is 25.0. The van der Waals surface area contributed by atoms with Crippen molar-refractivity contribution in [2.45, 2.75) is 25.0 Å². The molecule has 7 heteroatoms. The maximum Gasteiger partial charge on any atom is 0.251 e. The number of hydrogen-bond donors (Lipinski definition) is 1. The van der Waals surface area contributed by atoms with Crippen molar-refractivity contribution in [2.24, 2.45) is 0 Å². The van der Waals surface area contributed by atoms with E-state index in [1.807, 2.05) is 60.7 Å². The third-order valence-electron chi connectivity index (χ3n) is 7.10. The van der Waals surface area contributed by atoms with Gasteiger partial charge in [-0.1, -0.05) is 66.7 Å². The molecule has 0 aliphatic carbocycles. The van der Waals surface area contributed by atoms with E-state index in [4.69, 9.17) is 9.47 Å². The molecule has 1 aliphatic heterocycles. The van der Waals surface area contributed by atoms with Gasteiger partial charge in [-0.05, 0) is 58.7 Å². The second-order valence-corrected chi connectivity index (χ2v) is 9.68. The van der Waals surface area contributed by atoms with Crippen LogP contribution in [0.15, 0.2) is 97.1 Å². The number of ether oxygens (including phenoxy) is 2. The molecule has 2 atom stereocenters. The Morgan fingerprint density at radius 1 is 0.897 bits per heavy atom. The number of amides is 2. The molecule has 4 aromatic carbocycles. The summed E-state index contributed by atoms with van der Waals surface area (Å²) in [6, 6.07) is 31.3. The lowest BCUT2D eigenvalue weighted by molar-refractivity contribution is -0.268. The number of nitrogens with zero attached hydrogens (tertiary/aromatic N) is 1. The topological polar surface area (TPSA) is 90.9 Å². The number of likely N-dealkylation sites (tertiary alicyclic amines) is 1. The molecule has 1 N–H and O–H groups in total. The van der Waals surface area contributed by atoms with Gasteiger partial charge in [-0.15, -0.1) is 0 Å². The number of fused-ring (bicyclic) bond motifs is 1. The van der Waals surface area contributed by atoms with Crippen LogP contribution in [-0.2, 0) is 11.3 Å². The maximum atomic E-state index is 12.2. The summed E-state index contributed by atoms with van der Waals surface area (Å²) in [5.74, 6) is 0.612. The van der Waals surface area contributed by atoms with E-state index in [0.717, 1.165) is 16.5 Å². The number of benzene rings is 4. The van der Waals surface area contributed by atoms with Gasteiger partial charge in [-0.25, -0.2) is 0 Å². The molecule has 0 aromatic heterocycles. The molecule has 5 rings (SSSR count). The molecular weight excluding hydrogens is 492 g/mol. The fourth-order valence-electron chi connectivity index (χ4n) is 5.00. The molecule has 2 amide bonds. The van der Waals surface area contributed by atoms with E-state index >= 15 is 0 Å². The number of carbonyl (C=O) groups excluding carboxylic acids is 2. The Labute approximate surface area is 228 Å². The first-order chi connectivity index (χ1) is 19.1. The number of rotatable bonds is 9. The summed E-state index contributed by atoms with van der Waals surface area (Å²) in [6.45, 7) is 1.80. The van der Waals surface area contributed by atoms with Crippen molar-refractivity contribution < 1.29 is 24.2 Å². The zero-order chi connectivity index (χ0) is 27.0. The van der Waals surface area contributed by atoms with Gasteiger partial charge < -0.3 is 29.6 Å². The van der Waals surface area contributed by atoms with Crippen molar-refractivity contribution in [1.82, 2.24) is 10.2 Å². The Morgan fingerprint density at radius 3 is 2.41 bits per heavy atom. The third-order valence-corrected chi connectivity index (χ3v) is 7.10. The van der Waals surface area contributed by atoms with Crippen LogP contribution in [0.1, 0.15) is 33.8 Å². The van der Waals surface area contributed by atoms with E-state index in [2.05, 4.69) is 29.6 Å². The van der Waals surface area contributed by atoms with Crippen LogP contribution in [0.25, 0.3) is 10.8 Å². The molecule has 1 aliphatic rings. The Bertz CT molecular complexity index is 1410. The maximum absolute atomic E-state index is 12.2. The van der Waals surface area contributed by atoms with Gasteiger partial charge in [-0.2, -0.15) is 0 Å². The van der Waals surface area contributed by atoms with E-state index in [0.29, 0.717) is 44.0 Å². The highest BCUT2D eigenvalue weighted by Gasteiger charge is 2.31. The summed E-state index contributed by atoms with van der Waals surface area (Å²) >= 11 is 0. The van der Waals surface area contributed by atoms with Crippen molar-refractivity contribution in [3.05, 3.63) is 114 Å². The minimum atomic E-state index is -1.17. The largest absolute Gasteiger partial charge is 0.530 e. The van der Waals surface area contributed by atoms with Crippen LogP contribution in [0.3, 0.4) is 0 Å². The molecule has 0 spiro atoms. The number of carbonyl (C=O) groups is 2. The minimum absolute atomic E-state index is 0.0419. The Hall–Kier alpha value is -4.36. The Morgan fingerprint density at radius 2 is 1.64 bits per heavy atom. The molecule has 0 bridgehead atoms. The van der Waals surface area contributed by atoms with Gasteiger partial charge in [0.2, 0.25) is 0 Å². The molecule has 200 valence electrons. The number of hydrogen-bond acceptors (Lipinski definition) is 5. The van der Waals surface area contributed by atoms with Crippen LogP contribution < -0.4 is 15.2 Å². The summed E-state index contributed by atoms with van der Waals surface area (Å²) < 4.78 is 12.1. The lowest BCUT2D eigenvalue weighted by Crippen LogP contribution is -2.51. The zero-order valence-electron chi connectivity index (χ0n) is 21.6. The highest BCUT2D eigenvalue weighted by molar-refractivity contribution is 5.94. The highest BCUT2D eigenvalue weighted by Crippen LogP contribution is 2.32. The number of piperidine rings is 1. The molecule has 1 fully saturated rings. The van der Waals surface area contributed by atoms with E-state index in [1.54, 1.807) is 12.1 Å². The fraction of sp³-hybridized carbons (Fsp3) is 0.250. The predicted octanol–water partition coefficient (Wildman–Crippen LogP) is 4.37. The fourth-order valence-corrected chi connectivity index (χ4v) is 5.00. The van der Waals surface area contributed by atoms with Gasteiger partial charge in [0.25, 0.3) is 5.91 Å². The van der Waals surface area contributed by atoms with Gasteiger partial charge in [0.05, 0.1) is 19.3 Å². The molecular formula is C32H31N2O5-. The first-order valence-electron chi connectivity index (χ1n) is 13.2. The second-order valence-electron chi connectivity index (χ2n) is 9.68. The van der Waals surface area contributed by atoms with Crippen LogP contribution in [0.2, 0.25) is 0 Å². The average molecular weight is 524 g/mol. The summed E-state index contributed by atoms with van der Waals surface area (Å²) in [5.41, 5.74) is 2.73. The molecule has 2 unspecified atom stereocenters. The van der Waals surface area contributed by atoms with Gasteiger partial charge >= 0.3 is 0 Å². The van der Waals surface area contributed by atoms with Crippen LogP contribution in [0.5, 0.6) is 5.75 Å². The van der Waals surface area contributed by atoms with E-state index in [-0.39, 0.29) is 24.5 Å². The first kappa shape index (κ1) is 26.3. The number of nitrogens with one attached hydrogen (secondary N) is 1. The monoisotopic (exact) mass is 523 g/mol. The minimum Gasteiger partial charge on any atom is -0.530 e. The van der Waals surface area contributed by atoms with Gasteiger partial charge in [0.15, 0.2) is 0 Å². The molecule has 0 radical (unpaired) electrons. The SMILES string of the molecule is O=C(NCCOc1ccc(C2CCN(C(=O)[O-])CC2OCc2ccc3ccccc3c2)cc1)c1ccccc1. The lowest BCUT2D eigenvalue weighted by Gasteiger charge is -2.40. The molecule has 1 saturated heterocycles. The van der Waals surface area contributed by atoms with Gasteiger partial charge in [0, 0.05) is 24.6 Å². The van der Waals surface area contributed by atoms with Gasteiger partial charge in [-0.3, -0.25) is 4.79 Å². The van der Waals surface area contributed by atoms with Crippen LogP contribution in [0.4, 0.5) is 4.79 Å². The molecule has 7 nitrogen and oxygen atoms in total. The lowest BCUT2D eigenvalue weighted by atomic mass is 9.87. The Kier molecular flexibility index (Phi) is 8.39. The highest BCUT2D eigenvalue weighted by atomic mass is 16.5. The third kappa shape index (κ3) is 6.75. The van der Waals surface area contributed by atoms with Crippen LogP contribution >= 0.6 is 0 Å². The van der Waals surface area contributed by atoms with Crippen molar-refractivity contribution in [1.29, 1.82) is 0 Å².